The van der Waals surface area contributed by atoms with E-state index in [4.69, 9.17) is 9.40 Å². The number of rotatable bonds is 6. The van der Waals surface area contributed by atoms with Crippen molar-refractivity contribution in [2.45, 2.75) is 10.5 Å². The second kappa shape index (κ2) is 9.01. The Morgan fingerprint density at radius 1 is 0.833 bits per heavy atom. The van der Waals surface area contributed by atoms with Gasteiger partial charge in [-0.05, 0) is 17.3 Å². The van der Waals surface area contributed by atoms with E-state index in [9.17, 15) is 4.79 Å². The first-order valence-corrected chi connectivity index (χ1v) is 10.6. The van der Waals surface area contributed by atoms with Gasteiger partial charge in [0.05, 0.1) is 0 Å². The van der Waals surface area contributed by atoms with E-state index in [1.165, 1.54) is 11.8 Å². The lowest BCUT2D eigenvalue weighted by Crippen LogP contribution is -2.26. The second-order valence-corrected chi connectivity index (χ2v) is 8.09. The maximum atomic E-state index is 12.9. The monoisotopic (exact) mass is 414 g/mol. The Morgan fingerprint density at radius 3 is 1.93 bits per heavy atom. The summed E-state index contributed by atoms with van der Waals surface area (Å²) >= 11 is 1.33. The van der Waals surface area contributed by atoms with Crippen LogP contribution in [0.4, 0.5) is 0 Å². The summed E-state index contributed by atoms with van der Waals surface area (Å²) in [6.07, 6.45) is 0. The van der Waals surface area contributed by atoms with Crippen molar-refractivity contribution in [1.82, 2.24) is 9.88 Å². The molecule has 0 aliphatic rings. The highest BCUT2D eigenvalue weighted by Crippen LogP contribution is 2.41. The van der Waals surface area contributed by atoms with Crippen LogP contribution in [0.3, 0.4) is 0 Å². The second-order valence-electron chi connectivity index (χ2n) is 7.03. The van der Waals surface area contributed by atoms with E-state index < -0.39 is 5.25 Å². The summed E-state index contributed by atoms with van der Waals surface area (Å²) in [4.78, 5) is 19.3. The zero-order chi connectivity index (χ0) is 20.9. The standard InChI is InChI=1S/C25H22N2O2S/c1-27(2)24(28)23(20-16-10-5-11-17-20)30-25-26-21(18-12-6-3-7-13-18)22(29-25)19-14-8-4-9-15-19/h3-17,23H,1-2H3/t23-/m0/s1. The van der Waals surface area contributed by atoms with Crippen molar-refractivity contribution < 1.29 is 9.21 Å². The van der Waals surface area contributed by atoms with Crippen LogP contribution in [0.1, 0.15) is 10.8 Å². The molecule has 0 saturated carbocycles. The first-order chi connectivity index (χ1) is 14.6. The fourth-order valence-electron chi connectivity index (χ4n) is 3.15. The lowest BCUT2D eigenvalue weighted by atomic mass is 10.1. The van der Waals surface area contributed by atoms with Crippen LogP contribution in [0.2, 0.25) is 0 Å². The first-order valence-electron chi connectivity index (χ1n) is 9.68. The molecule has 0 fully saturated rings. The van der Waals surface area contributed by atoms with Crippen molar-refractivity contribution in [3.63, 3.8) is 0 Å². The fraction of sp³-hybridized carbons (Fsp3) is 0.120. The highest BCUT2D eigenvalue weighted by molar-refractivity contribution is 8.00. The molecule has 0 spiro atoms. The lowest BCUT2D eigenvalue weighted by Gasteiger charge is -2.19. The first kappa shape index (κ1) is 20.0. The molecule has 1 aromatic heterocycles. The summed E-state index contributed by atoms with van der Waals surface area (Å²) < 4.78 is 6.22. The van der Waals surface area contributed by atoms with E-state index in [1.54, 1.807) is 19.0 Å². The number of nitrogens with zero attached hydrogens (tertiary/aromatic N) is 2. The molecule has 5 heteroatoms. The van der Waals surface area contributed by atoms with E-state index >= 15 is 0 Å². The van der Waals surface area contributed by atoms with Crippen LogP contribution < -0.4 is 0 Å². The van der Waals surface area contributed by atoms with Gasteiger partial charge in [0, 0.05) is 25.2 Å². The number of likely N-dealkylation sites (N-methyl/N-ethyl adjacent to an activating group) is 1. The summed E-state index contributed by atoms with van der Waals surface area (Å²) in [5.74, 6) is 0.695. The van der Waals surface area contributed by atoms with Crippen molar-refractivity contribution in [3.8, 4) is 22.6 Å². The molecular weight excluding hydrogens is 392 g/mol. The van der Waals surface area contributed by atoms with E-state index in [0.29, 0.717) is 11.0 Å². The maximum Gasteiger partial charge on any atom is 0.257 e. The van der Waals surface area contributed by atoms with Gasteiger partial charge < -0.3 is 9.32 Å². The molecular formula is C25H22N2O2S. The zero-order valence-electron chi connectivity index (χ0n) is 16.9. The smallest absolute Gasteiger partial charge is 0.257 e. The fourth-order valence-corrected chi connectivity index (χ4v) is 4.23. The van der Waals surface area contributed by atoms with Crippen molar-refractivity contribution in [2.24, 2.45) is 0 Å². The van der Waals surface area contributed by atoms with Crippen LogP contribution in [0.15, 0.2) is 101 Å². The van der Waals surface area contributed by atoms with Crippen molar-refractivity contribution >= 4 is 17.7 Å². The number of thioether (sulfide) groups is 1. The van der Waals surface area contributed by atoms with Gasteiger partial charge in [0.2, 0.25) is 5.91 Å². The minimum absolute atomic E-state index is 0.00748. The van der Waals surface area contributed by atoms with Crippen LogP contribution in [0.25, 0.3) is 22.6 Å². The molecule has 4 aromatic rings. The molecule has 4 nitrogen and oxygen atoms in total. The summed E-state index contributed by atoms with van der Waals surface area (Å²) in [6, 6.07) is 29.6. The number of carbonyl (C=O) groups excluding carboxylic acids is 1. The molecule has 3 aromatic carbocycles. The van der Waals surface area contributed by atoms with Gasteiger partial charge in [-0.3, -0.25) is 4.79 Å². The van der Waals surface area contributed by atoms with E-state index in [2.05, 4.69) is 0 Å². The molecule has 1 amide bonds. The van der Waals surface area contributed by atoms with Gasteiger partial charge in [-0.15, -0.1) is 0 Å². The zero-order valence-corrected chi connectivity index (χ0v) is 17.7. The highest BCUT2D eigenvalue weighted by atomic mass is 32.2. The SMILES string of the molecule is CN(C)C(=O)[C@@H](Sc1nc(-c2ccccc2)c(-c2ccccc2)o1)c1ccccc1. The summed E-state index contributed by atoms with van der Waals surface area (Å²) in [6.45, 7) is 0. The highest BCUT2D eigenvalue weighted by Gasteiger charge is 2.27. The summed E-state index contributed by atoms with van der Waals surface area (Å²) in [5, 5.41) is 0.0313. The van der Waals surface area contributed by atoms with Crippen LogP contribution in [-0.2, 0) is 4.79 Å². The molecule has 30 heavy (non-hydrogen) atoms. The molecule has 0 N–H and O–H groups in total. The number of amides is 1. The predicted octanol–water partition coefficient (Wildman–Crippen LogP) is 5.93. The number of carbonyl (C=O) groups is 1. The van der Waals surface area contributed by atoms with Crippen LogP contribution in [0.5, 0.6) is 0 Å². The van der Waals surface area contributed by atoms with Crippen molar-refractivity contribution in [2.75, 3.05) is 14.1 Å². The molecule has 4 rings (SSSR count). The average Bonchev–Trinajstić information content (AvgIpc) is 3.23. The number of aromatic nitrogens is 1. The molecule has 0 radical (unpaired) electrons. The third-order valence-electron chi connectivity index (χ3n) is 4.68. The third-order valence-corrected chi connectivity index (χ3v) is 5.76. The number of benzene rings is 3. The van der Waals surface area contributed by atoms with Gasteiger partial charge in [0.1, 0.15) is 10.9 Å². The Kier molecular flexibility index (Phi) is 6.00. The molecule has 0 aliphatic carbocycles. The third kappa shape index (κ3) is 4.31. The molecule has 1 atom stereocenters. The normalized spacial score (nSPS) is 11.8. The Hall–Kier alpha value is -3.31. The largest absolute Gasteiger partial charge is 0.431 e. The van der Waals surface area contributed by atoms with Gasteiger partial charge >= 0.3 is 0 Å². The number of hydrogen-bond donors (Lipinski definition) is 0. The van der Waals surface area contributed by atoms with Gasteiger partial charge in [-0.1, -0.05) is 91.0 Å². The Balaban J connectivity index is 1.77. The average molecular weight is 415 g/mol. The lowest BCUT2D eigenvalue weighted by molar-refractivity contribution is -0.128. The van der Waals surface area contributed by atoms with Crippen molar-refractivity contribution in [3.05, 3.63) is 96.6 Å². The maximum absolute atomic E-state index is 12.9. The Bertz CT molecular complexity index is 1050. The summed E-state index contributed by atoms with van der Waals surface area (Å²) in [7, 11) is 3.53. The minimum atomic E-state index is -0.438. The Labute approximate surface area is 180 Å². The van der Waals surface area contributed by atoms with E-state index in [0.717, 1.165) is 22.4 Å². The van der Waals surface area contributed by atoms with E-state index in [-0.39, 0.29) is 5.91 Å². The Morgan fingerprint density at radius 2 is 1.37 bits per heavy atom. The van der Waals surface area contributed by atoms with Crippen LogP contribution in [0, 0.1) is 0 Å². The molecule has 0 unspecified atom stereocenters. The minimum Gasteiger partial charge on any atom is -0.431 e. The van der Waals surface area contributed by atoms with Crippen LogP contribution >= 0.6 is 11.8 Å². The molecule has 150 valence electrons. The number of hydrogen-bond acceptors (Lipinski definition) is 4. The van der Waals surface area contributed by atoms with Gasteiger partial charge in [0.15, 0.2) is 5.76 Å². The predicted molar refractivity (Wildman–Crippen MR) is 121 cm³/mol. The molecule has 0 saturated heterocycles. The van der Waals surface area contributed by atoms with Gasteiger partial charge in [0.25, 0.3) is 5.22 Å². The molecule has 1 heterocycles. The van der Waals surface area contributed by atoms with Crippen LogP contribution in [-0.4, -0.2) is 29.9 Å². The van der Waals surface area contributed by atoms with E-state index in [1.807, 2.05) is 91.0 Å². The number of oxazole rings is 1. The van der Waals surface area contributed by atoms with Gasteiger partial charge in [-0.2, -0.15) is 0 Å². The summed E-state index contributed by atoms with van der Waals surface area (Å²) in [5.41, 5.74) is 3.61. The van der Waals surface area contributed by atoms with Crippen molar-refractivity contribution in [1.29, 1.82) is 0 Å². The molecule has 0 aliphatic heterocycles. The topological polar surface area (TPSA) is 46.3 Å². The van der Waals surface area contributed by atoms with Gasteiger partial charge in [-0.25, -0.2) is 4.98 Å². The molecule has 0 bridgehead atoms. The quantitative estimate of drug-likeness (QED) is 0.367.